The Morgan fingerprint density at radius 1 is 1.38 bits per heavy atom. The lowest BCUT2D eigenvalue weighted by atomic mass is 10.0. The van der Waals surface area contributed by atoms with Crippen LogP contribution in [0, 0.1) is 6.92 Å². The van der Waals surface area contributed by atoms with Gasteiger partial charge in [0.2, 0.25) is 10.0 Å². The van der Waals surface area contributed by atoms with E-state index in [1.165, 1.54) is 10.9 Å². The van der Waals surface area contributed by atoms with Crippen LogP contribution in [0.1, 0.15) is 32.4 Å². The molecule has 0 spiro atoms. The third kappa shape index (κ3) is 4.18. The number of sulfonamides is 1. The number of carboxylic acids is 1. The van der Waals surface area contributed by atoms with Gasteiger partial charge < -0.3 is 5.11 Å². The van der Waals surface area contributed by atoms with Gasteiger partial charge in [0.15, 0.2) is 5.82 Å². The SMILES string of the molecule is Cc1c(S(=O)(=O)NC(C)(C)CCC(=O)O)cnn1-c1ccccn1. The minimum atomic E-state index is -3.84. The van der Waals surface area contributed by atoms with E-state index in [2.05, 4.69) is 14.8 Å². The van der Waals surface area contributed by atoms with Crippen LogP contribution in [0.25, 0.3) is 5.82 Å². The van der Waals surface area contributed by atoms with E-state index in [0.29, 0.717) is 11.5 Å². The Kier molecular flexibility index (Phi) is 5.05. The molecule has 2 aromatic heterocycles. The third-order valence-corrected chi connectivity index (χ3v) is 5.30. The van der Waals surface area contributed by atoms with Gasteiger partial charge in [-0.2, -0.15) is 5.10 Å². The van der Waals surface area contributed by atoms with Crippen molar-refractivity contribution in [1.82, 2.24) is 19.5 Å². The molecule has 8 nitrogen and oxygen atoms in total. The molecule has 0 amide bonds. The van der Waals surface area contributed by atoms with Crippen LogP contribution in [0.3, 0.4) is 0 Å². The molecule has 2 N–H and O–H groups in total. The van der Waals surface area contributed by atoms with E-state index in [9.17, 15) is 13.2 Å². The number of hydrogen-bond acceptors (Lipinski definition) is 5. The van der Waals surface area contributed by atoms with Crippen LogP contribution in [0.15, 0.2) is 35.5 Å². The van der Waals surface area contributed by atoms with Crippen molar-refractivity contribution in [2.75, 3.05) is 0 Å². The number of nitrogens with one attached hydrogen (secondary N) is 1. The summed E-state index contributed by atoms with van der Waals surface area (Å²) in [5.74, 6) is -0.456. The number of aromatic nitrogens is 3. The van der Waals surface area contributed by atoms with Gasteiger partial charge in [-0.25, -0.2) is 22.8 Å². The van der Waals surface area contributed by atoms with Crippen LogP contribution < -0.4 is 4.72 Å². The van der Waals surface area contributed by atoms with Gasteiger partial charge in [-0.3, -0.25) is 4.79 Å². The van der Waals surface area contributed by atoms with Crippen molar-refractivity contribution in [3.05, 3.63) is 36.3 Å². The highest BCUT2D eigenvalue weighted by Crippen LogP contribution is 2.21. The number of carboxylic acid groups (broad SMARTS) is 1. The van der Waals surface area contributed by atoms with Crippen molar-refractivity contribution in [2.24, 2.45) is 0 Å². The zero-order valence-corrected chi connectivity index (χ0v) is 14.5. The van der Waals surface area contributed by atoms with Crippen LogP contribution >= 0.6 is 0 Å². The molecule has 0 atom stereocenters. The molecule has 0 fully saturated rings. The summed E-state index contributed by atoms with van der Waals surface area (Å²) < 4.78 is 29.2. The molecule has 2 heterocycles. The summed E-state index contributed by atoms with van der Waals surface area (Å²) in [6, 6.07) is 5.26. The fourth-order valence-corrected chi connectivity index (χ4v) is 3.86. The van der Waals surface area contributed by atoms with Crippen molar-refractivity contribution in [1.29, 1.82) is 0 Å². The zero-order valence-electron chi connectivity index (χ0n) is 13.7. The molecule has 130 valence electrons. The summed E-state index contributed by atoms with van der Waals surface area (Å²) >= 11 is 0. The lowest BCUT2D eigenvalue weighted by Crippen LogP contribution is -2.43. The van der Waals surface area contributed by atoms with Crippen molar-refractivity contribution < 1.29 is 18.3 Å². The van der Waals surface area contributed by atoms with Crippen molar-refractivity contribution in [2.45, 2.75) is 44.0 Å². The van der Waals surface area contributed by atoms with Crippen LogP contribution in [-0.2, 0) is 14.8 Å². The molecule has 0 unspecified atom stereocenters. The molecule has 0 aliphatic heterocycles. The van der Waals surface area contributed by atoms with Crippen molar-refractivity contribution >= 4 is 16.0 Å². The lowest BCUT2D eigenvalue weighted by Gasteiger charge is -2.25. The van der Waals surface area contributed by atoms with Gasteiger partial charge in [0.05, 0.1) is 11.9 Å². The second-order valence-electron chi connectivity index (χ2n) is 6.08. The summed E-state index contributed by atoms with van der Waals surface area (Å²) in [7, 11) is -3.84. The number of hydrogen-bond donors (Lipinski definition) is 2. The first kappa shape index (κ1) is 18.1. The van der Waals surface area contributed by atoms with E-state index in [1.54, 1.807) is 45.2 Å². The second kappa shape index (κ2) is 6.70. The topological polar surface area (TPSA) is 114 Å². The first-order valence-corrected chi connectivity index (χ1v) is 8.82. The maximum atomic E-state index is 12.6. The van der Waals surface area contributed by atoms with Crippen LogP contribution in [0.2, 0.25) is 0 Å². The molecule has 0 bridgehead atoms. The minimum absolute atomic E-state index is 0.0385. The van der Waals surface area contributed by atoms with E-state index in [0.717, 1.165) is 0 Å². The Labute approximate surface area is 140 Å². The highest BCUT2D eigenvalue weighted by molar-refractivity contribution is 7.89. The van der Waals surface area contributed by atoms with Crippen LogP contribution in [-0.4, -0.2) is 39.8 Å². The van der Waals surface area contributed by atoms with Gasteiger partial charge in [0, 0.05) is 18.2 Å². The Morgan fingerprint density at radius 3 is 2.67 bits per heavy atom. The smallest absolute Gasteiger partial charge is 0.303 e. The number of carbonyl (C=O) groups is 1. The van der Waals surface area contributed by atoms with Gasteiger partial charge in [0.1, 0.15) is 4.90 Å². The third-order valence-electron chi connectivity index (χ3n) is 3.50. The van der Waals surface area contributed by atoms with E-state index in [4.69, 9.17) is 5.11 Å². The summed E-state index contributed by atoms with van der Waals surface area (Å²) in [5, 5.41) is 12.9. The van der Waals surface area contributed by atoms with Crippen LogP contribution in [0.4, 0.5) is 0 Å². The normalized spacial score (nSPS) is 12.3. The maximum Gasteiger partial charge on any atom is 0.303 e. The van der Waals surface area contributed by atoms with Gasteiger partial charge in [0.25, 0.3) is 0 Å². The fourth-order valence-electron chi connectivity index (χ4n) is 2.26. The molecule has 0 aliphatic rings. The lowest BCUT2D eigenvalue weighted by molar-refractivity contribution is -0.137. The van der Waals surface area contributed by atoms with Crippen LogP contribution in [0.5, 0.6) is 0 Å². The van der Waals surface area contributed by atoms with Crippen molar-refractivity contribution in [3.63, 3.8) is 0 Å². The number of rotatable bonds is 7. The number of aliphatic carboxylic acids is 1. The molecule has 0 aromatic carbocycles. The Morgan fingerprint density at radius 2 is 2.08 bits per heavy atom. The predicted octanol–water partition coefficient (Wildman–Crippen LogP) is 1.50. The van der Waals surface area contributed by atoms with E-state index in [-0.39, 0.29) is 17.7 Å². The standard InChI is InChI=1S/C15H20N4O4S/c1-11-12(10-17-19(11)13-6-4-5-9-16-13)24(22,23)18-15(2,3)8-7-14(20)21/h4-6,9-10,18H,7-8H2,1-3H3,(H,20,21). The Hall–Kier alpha value is -2.26. The Bertz CT molecular complexity index is 828. The molecule has 0 saturated heterocycles. The molecule has 24 heavy (non-hydrogen) atoms. The fraction of sp³-hybridized carbons (Fsp3) is 0.400. The average molecular weight is 352 g/mol. The summed E-state index contributed by atoms with van der Waals surface area (Å²) in [4.78, 5) is 14.9. The number of nitrogens with zero attached hydrogens (tertiary/aromatic N) is 3. The molecule has 9 heteroatoms. The summed E-state index contributed by atoms with van der Waals surface area (Å²) in [6.07, 6.45) is 2.91. The highest BCUT2D eigenvalue weighted by atomic mass is 32.2. The van der Waals surface area contributed by atoms with E-state index in [1.807, 2.05) is 0 Å². The summed E-state index contributed by atoms with van der Waals surface area (Å²) in [5.41, 5.74) is -0.466. The number of pyridine rings is 1. The summed E-state index contributed by atoms with van der Waals surface area (Å²) in [6.45, 7) is 4.93. The second-order valence-corrected chi connectivity index (χ2v) is 7.73. The molecule has 0 radical (unpaired) electrons. The monoisotopic (exact) mass is 352 g/mol. The van der Waals surface area contributed by atoms with Gasteiger partial charge in [-0.15, -0.1) is 0 Å². The molecular formula is C15H20N4O4S. The maximum absolute atomic E-state index is 12.6. The molecule has 0 aliphatic carbocycles. The van der Waals surface area contributed by atoms with Gasteiger partial charge in [-0.05, 0) is 39.3 Å². The average Bonchev–Trinajstić information content (AvgIpc) is 2.88. The van der Waals surface area contributed by atoms with Crippen molar-refractivity contribution in [3.8, 4) is 5.82 Å². The molecular weight excluding hydrogens is 332 g/mol. The molecule has 2 rings (SSSR count). The van der Waals surface area contributed by atoms with Gasteiger partial charge >= 0.3 is 5.97 Å². The molecule has 2 aromatic rings. The van der Waals surface area contributed by atoms with E-state index >= 15 is 0 Å². The van der Waals surface area contributed by atoms with Gasteiger partial charge in [-0.1, -0.05) is 6.07 Å². The largest absolute Gasteiger partial charge is 0.481 e. The predicted molar refractivity (Wildman–Crippen MR) is 87.4 cm³/mol. The van der Waals surface area contributed by atoms with E-state index < -0.39 is 21.5 Å². The first-order valence-electron chi connectivity index (χ1n) is 7.34. The molecule has 0 saturated carbocycles. The Balaban J connectivity index is 2.28. The highest BCUT2D eigenvalue weighted by Gasteiger charge is 2.29. The quantitative estimate of drug-likeness (QED) is 0.780. The minimum Gasteiger partial charge on any atom is -0.481 e. The zero-order chi connectivity index (χ0) is 18.0. The first-order chi connectivity index (χ1) is 11.1.